The molecule has 1 heterocycles. The fraction of sp³-hybridized carbons (Fsp3) is 0.359. The van der Waals surface area contributed by atoms with Crippen molar-refractivity contribution in [2.75, 3.05) is 18.5 Å². The first-order valence-electron chi connectivity index (χ1n) is 15.9. The van der Waals surface area contributed by atoms with Gasteiger partial charge < -0.3 is 15.0 Å². The largest absolute Gasteiger partial charge is 0.484 e. The van der Waals surface area contributed by atoms with E-state index in [0.717, 1.165) is 53.9 Å². The summed E-state index contributed by atoms with van der Waals surface area (Å²) in [6, 6.07) is 27.2. The summed E-state index contributed by atoms with van der Waals surface area (Å²) in [4.78, 5) is 42.9. The molecule has 0 saturated heterocycles. The Bertz CT molecular complexity index is 1610. The summed E-state index contributed by atoms with van der Waals surface area (Å²) < 4.78 is 5.81. The molecule has 0 atom stereocenters. The number of carbonyl (C=O) groups excluding carboxylic acids is 3. The molecule has 3 aromatic carbocycles. The second-order valence-electron chi connectivity index (χ2n) is 14.2. The lowest BCUT2D eigenvalue weighted by molar-refractivity contribution is -0.120. The molecule has 6 nitrogen and oxygen atoms in total. The van der Waals surface area contributed by atoms with Crippen molar-refractivity contribution in [3.8, 4) is 5.75 Å². The van der Waals surface area contributed by atoms with Crippen molar-refractivity contribution >= 4 is 23.2 Å². The van der Waals surface area contributed by atoms with Crippen LogP contribution >= 0.6 is 0 Å². The molecule has 6 heteroatoms. The van der Waals surface area contributed by atoms with Crippen LogP contribution < -0.4 is 10.1 Å². The quantitative estimate of drug-likeness (QED) is 0.287. The topological polar surface area (TPSA) is 75.7 Å². The van der Waals surface area contributed by atoms with E-state index in [4.69, 9.17) is 4.74 Å². The van der Waals surface area contributed by atoms with E-state index in [1.165, 1.54) is 5.56 Å². The summed E-state index contributed by atoms with van der Waals surface area (Å²) in [5.74, 6) is 0.142. The molecule has 0 fully saturated rings. The number of ether oxygens (including phenoxy) is 1. The Labute approximate surface area is 266 Å². The molecular formula is C39H42N2O4. The second-order valence-corrected chi connectivity index (χ2v) is 14.2. The van der Waals surface area contributed by atoms with Crippen molar-refractivity contribution in [2.24, 2.45) is 10.8 Å². The van der Waals surface area contributed by atoms with Crippen LogP contribution in [0.4, 0.5) is 5.69 Å². The van der Waals surface area contributed by atoms with Crippen LogP contribution in [0.2, 0.25) is 0 Å². The number of hydrogen-bond acceptors (Lipinski definition) is 5. The monoisotopic (exact) mass is 602 g/mol. The zero-order valence-electron chi connectivity index (χ0n) is 26.7. The van der Waals surface area contributed by atoms with Crippen molar-refractivity contribution < 1.29 is 19.1 Å². The Morgan fingerprint density at radius 2 is 1.29 bits per heavy atom. The first-order valence-corrected chi connectivity index (χ1v) is 15.9. The predicted molar refractivity (Wildman–Crippen MR) is 177 cm³/mol. The predicted octanol–water partition coefficient (Wildman–Crippen LogP) is 7.63. The number of allylic oxidation sites excluding steroid dienone is 4. The van der Waals surface area contributed by atoms with Crippen LogP contribution in [0, 0.1) is 10.8 Å². The number of para-hydroxylation sites is 1. The van der Waals surface area contributed by atoms with Crippen molar-refractivity contribution in [1.29, 1.82) is 0 Å². The minimum Gasteiger partial charge on any atom is -0.484 e. The Morgan fingerprint density at radius 3 is 1.84 bits per heavy atom. The summed E-state index contributed by atoms with van der Waals surface area (Å²) in [5, 5.41) is 2.83. The van der Waals surface area contributed by atoms with Gasteiger partial charge in [0.25, 0.3) is 5.91 Å². The summed E-state index contributed by atoms with van der Waals surface area (Å²) in [5.41, 5.74) is 6.18. The van der Waals surface area contributed by atoms with Gasteiger partial charge in [-0.1, -0.05) is 88.4 Å². The van der Waals surface area contributed by atoms with E-state index in [1.807, 2.05) is 60.7 Å². The van der Waals surface area contributed by atoms with E-state index >= 15 is 0 Å². The molecular weight excluding hydrogens is 560 g/mol. The van der Waals surface area contributed by atoms with Gasteiger partial charge in [-0.3, -0.25) is 14.4 Å². The summed E-state index contributed by atoms with van der Waals surface area (Å²) in [7, 11) is 0. The Balaban J connectivity index is 1.34. The first kappa shape index (κ1) is 30.6. The third kappa shape index (κ3) is 6.65. The number of amides is 1. The van der Waals surface area contributed by atoms with Crippen LogP contribution in [0.1, 0.15) is 70.4 Å². The highest BCUT2D eigenvalue weighted by atomic mass is 16.5. The number of carbonyl (C=O) groups is 3. The van der Waals surface area contributed by atoms with Crippen LogP contribution in [0.3, 0.4) is 0 Å². The fourth-order valence-electron chi connectivity index (χ4n) is 7.16. The van der Waals surface area contributed by atoms with Gasteiger partial charge in [0.15, 0.2) is 18.2 Å². The molecule has 1 N–H and O–H groups in total. The van der Waals surface area contributed by atoms with Gasteiger partial charge in [-0.25, -0.2) is 0 Å². The minimum atomic E-state index is -0.411. The Hall–Kier alpha value is -4.45. The zero-order chi connectivity index (χ0) is 31.8. The van der Waals surface area contributed by atoms with E-state index in [0.29, 0.717) is 24.3 Å². The maximum atomic E-state index is 14.1. The highest BCUT2D eigenvalue weighted by Gasteiger charge is 2.48. The molecule has 3 aliphatic rings. The number of Topliss-reactive ketones (excluding diaryl/α,β-unsaturated/α-hetero) is 2. The Morgan fingerprint density at radius 1 is 0.756 bits per heavy atom. The standard InChI is InChI=1S/C39H42N2O4/c1-38(2)21-30-36(32(42)23-38)35(27-15-17-29(18-16-27)45-25-34(44)40-28-13-9-6-10-14-28)37-31(22-39(3,4)24-33(37)43)41(30)20-19-26-11-7-5-8-12-26/h5-18,35H,19-25H2,1-4H3,(H,40,44). The lowest BCUT2D eigenvalue weighted by atomic mass is 9.63. The number of ketones is 2. The maximum absolute atomic E-state index is 14.1. The lowest BCUT2D eigenvalue weighted by Gasteiger charge is -2.49. The lowest BCUT2D eigenvalue weighted by Crippen LogP contribution is -2.45. The number of hydrogen-bond donors (Lipinski definition) is 1. The number of rotatable bonds is 8. The van der Waals surface area contributed by atoms with Crippen LogP contribution in [-0.2, 0) is 20.8 Å². The molecule has 1 amide bonds. The van der Waals surface area contributed by atoms with Gasteiger partial charge in [-0.05, 0) is 65.5 Å². The smallest absolute Gasteiger partial charge is 0.262 e. The van der Waals surface area contributed by atoms with Crippen molar-refractivity contribution in [2.45, 2.75) is 65.7 Å². The second kappa shape index (κ2) is 12.2. The van der Waals surface area contributed by atoms with E-state index in [2.05, 4.69) is 62.2 Å². The highest BCUT2D eigenvalue weighted by Crippen LogP contribution is 2.54. The normalized spacial score (nSPS) is 19.2. The summed E-state index contributed by atoms with van der Waals surface area (Å²) in [6.07, 6.45) is 3.29. The molecule has 6 rings (SSSR count). The summed E-state index contributed by atoms with van der Waals surface area (Å²) >= 11 is 0. The van der Waals surface area contributed by atoms with Crippen LogP contribution in [-0.4, -0.2) is 35.5 Å². The van der Waals surface area contributed by atoms with Gasteiger partial charge in [0.05, 0.1) is 0 Å². The van der Waals surface area contributed by atoms with Gasteiger partial charge in [-0.15, -0.1) is 0 Å². The number of nitrogens with zero attached hydrogens (tertiary/aromatic N) is 1. The number of nitrogens with one attached hydrogen (secondary N) is 1. The molecule has 2 aliphatic carbocycles. The molecule has 0 radical (unpaired) electrons. The third-order valence-electron chi connectivity index (χ3n) is 9.13. The van der Waals surface area contributed by atoms with E-state index in [9.17, 15) is 14.4 Å². The Kier molecular flexibility index (Phi) is 8.25. The average molecular weight is 603 g/mol. The van der Waals surface area contributed by atoms with E-state index in [-0.39, 0.29) is 34.9 Å². The highest BCUT2D eigenvalue weighted by molar-refractivity contribution is 6.06. The molecule has 45 heavy (non-hydrogen) atoms. The minimum absolute atomic E-state index is 0.123. The summed E-state index contributed by atoms with van der Waals surface area (Å²) in [6.45, 7) is 9.26. The van der Waals surface area contributed by atoms with E-state index < -0.39 is 5.92 Å². The van der Waals surface area contributed by atoms with Gasteiger partial charge in [0, 0.05) is 53.5 Å². The fourth-order valence-corrected chi connectivity index (χ4v) is 7.16. The molecule has 3 aromatic rings. The molecule has 0 aromatic heterocycles. The number of anilines is 1. The molecule has 0 unspecified atom stereocenters. The number of benzene rings is 3. The molecule has 0 spiro atoms. The van der Waals surface area contributed by atoms with Crippen molar-refractivity contribution in [1.82, 2.24) is 4.90 Å². The van der Waals surface area contributed by atoms with Crippen LogP contribution in [0.15, 0.2) is 107 Å². The molecule has 0 saturated carbocycles. The SMILES string of the molecule is CC1(C)CC(=O)C2=C(C1)N(CCc1ccccc1)C1=C(C(=O)CC(C)(C)C1)C2c1ccc(OCC(=O)Nc2ccccc2)cc1. The first-order chi connectivity index (χ1) is 21.5. The zero-order valence-corrected chi connectivity index (χ0v) is 26.7. The van der Waals surface area contributed by atoms with Crippen LogP contribution in [0.25, 0.3) is 0 Å². The van der Waals surface area contributed by atoms with Gasteiger partial charge in [0.2, 0.25) is 0 Å². The van der Waals surface area contributed by atoms with Crippen molar-refractivity contribution in [3.05, 3.63) is 119 Å². The van der Waals surface area contributed by atoms with Gasteiger partial charge in [0.1, 0.15) is 5.75 Å². The van der Waals surface area contributed by atoms with Crippen molar-refractivity contribution in [3.63, 3.8) is 0 Å². The molecule has 0 bridgehead atoms. The molecule has 232 valence electrons. The van der Waals surface area contributed by atoms with Crippen LogP contribution in [0.5, 0.6) is 5.75 Å². The third-order valence-corrected chi connectivity index (χ3v) is 9.13. The maximum Gasteiger partial charge on any atom is 0.262 e. The van der Waals surface area contributed by atoms with E-state index in [1.54, 1.807) is 0 Å². The average Bonchev–Trinajstić information content (AvgIpc) is 2.99. The molecule has 1 aliphatic heterocycles. The van der Waals surface area contributed by atoms with Gasteiger partial charge in [-0.2, -0.15) is 0 Å². The van der Waals surface area contributed by atoms with Gasteiger partial charge >= 0.3 is 0 Å².